The SMILES string of the molecule is Cc1cccc(S(=O)(=O)N(CC(O)[C@H](Cc2ccccc2)NC(=O)OC(C)(C)C)CC(C)(C)CCC2(C)OCCO2)c1.N. The molecule has 2 atom stereocenters. The van der Waals surface area contributed by atoms with Crippen LogP contribution >= 0.6 is 0 Å². The number of hydrogen-bond donors (Lipinski definition) is 3. The maximum absolute atomic E-state index is 14.1. The van der Waals surface area contributed by atoms with E-state index in [0.717, 1.165) is 11.1 Å². The van der Waals surface area contributed by atoms with Gasteiger partial charge in [0.15, 0.2) is 5.79 Å². The number of aryl methyl sites for hydroxylation is 1. The zero-order valence-corrected chi connectivity index (χ0v) is 27.6. The number of amides is 1. The Morgan fingerprint density at radius 3 is 2.28 bits per heavy atom. The Kier molecular flexibility index (Phi) is 12.8. The molecule has 242 valence electrons. The van der Waals surface area contributed by atoms with Crippen LogP contribution in [0.2, 0.25) is 0 Å². The Morgan fingerprint density at radius 1 is 1.07 bits per heavy atom. The number of sulfonamides is 1. The molecule has 10 nitrogen and oxygen atoms in total. The molecule has 0 spiro atoms. The third-order valence-corrected chi connectivity index (χ3v) is 9.05. The fraction of sp³-hybridized carbons (Fsp3) is 0.594. The molecular formula is C32H51N3O7S. The van der Waals surface area contributed by atoms with Crippen molar-refractivity contribution >= 4 is 16.1 Å². The lowest BCUT2D eigenvalue weighted by molar-refractivity contribution is -0.151. The van der Waals surface area contributed by atoms with Gasteiger partial charge in [-0.2, -0.15) is 4.31 Å². The predicted molar refractivity (Wildman–Crippen MR) is 168 cm³/mol. The Balaban J connectivity index is 0.00000645. The van der Waals surface area contributed by atoms with Crippen molar-refractivity contribution in [1.82, 2.24) is 15.8 Å². The molecule has 0 aromatic heterocycles. The van der Waals surface area contributed by atoms with E-state index in [0.29, 0.717) is 26.1 Å². The Labute approximate surface area is 257 Å². The summed E-state index contributed by atoms with van der Waals surface area (Å²) < 4.78 is 46.5. The van der Waals surface area contributed by atoms with E-state index in [1.54, 1.807) is 39.0 Å². The number of carbonyl (C=O) groups excluding carboxylic acids is 1. The summed E-state index contributed by atoms with van der Waals surface area (Å²) in [7, 11) is -4.00. The zero-order chi connectivity index (χ0) is 31.2. The van der Waals surface area contributed by atoms with Crippen LogP contribution in [0.5, 0.6) is 0 Å². The van der Waals surface area contributed by atoms with Gasteiger partial charge in [-0.15, -0.1) is 0 Å². The number of hydrogen-bond acceptors (Lipinski definition) is 8. The quantitative estimate of drug-likeness (QED) is 0.276. The highest BCUT2D eigenvalue weighted by Crippen LogP contribution is 2.33. The second kappa shape index (κ2) is 15.0. The molecule has 2 aromatic carbocycles. The highest BCUT2D eigenvalue weighted by molar-refractivity contribution is 7.89. The van der Waals surface area contributed by atoms with Crippen LogP contribution in [0.1, 0.15) is 65.5 Å². The molecule has 0 bridgehead atoms. The van der Waals surface area contributed by atoms with E-state index in [4.69, 9.17) is 14.2 Å². The first-order valence-corrected chi connectivity index (χ1v) is 16.0. The van der Waals surface area contributed by atoms with Crippen molar-refractivity contribution in [2.75, 3.05) is 26.3 Å². The molecule has 1 aliphatic rings. The summed E-state index contributed by atoms with van der Waals surface area (Å²) in [6, 6.07) is 15.4. The number of nitrogens with one attached hydrogen (secondary N) is 1. The smallest absolute Gasteiger partial charge is 0.407 e. The summed E-state index contributed by atoms with van der Waals surface area (Å²) in [6.45, 7) is 14.0. The van der Waals surface area contributed by atoms with Crippen LogP contribution in [0.4, 0.5) is 4.79 Å². The summed E-state index contributed by atoms with van der Waals surface area (Å²) in [5.41, 5.74) is 0.478. The maximum atomic E-state index is 14.1. The minimum atomic E-state index is -4.00. The average molecular weight is 622 g/mol. The number of benzene rings is 2. The van der Waals surface area contributed by atoms with Crippen molar-refractivity contribution in [2.24, 2.45) is 5.41 Å². The highest BCUT2D eigenvalue weighted by atomic mass is 32.2. The van der Waals surface area contributed by atoms with Gasteiger partial charge in [0.2, 0.25) is 10.0 Å². The standard InChI is InChI=1S/C32H48N2O7S.H3N/c1-24-12-11-15-26(20-24)42(37,38)34(23-31(5,6)16-17-32(7)39-18-19-40-32)22-28(35)27(21-25-13-9-8-10-14-25)33-29(36)41-30(2,3)4;/h8-15,20,27-28,35H,16-19,21-23H2,1-7H3,(H,33,36);1H3/t27-,28?;/m0./s1. The molecule has 1 unspecified atom stereocenters. The fourth-order valence-corrected chi connectivity index (χ4v) is 6.69. The van der Waals surface area contributed by atoms with Crippen molar-refractivity contribution in [3.63, 3.8) is 0 Å². The van der Waals surface area contributed by atoms with Crippen LogP contribution in [0, 0.1) is 12.3 Å². The van der Waals surface area contributed by atoms with Crippen molar-refractivity contribution in [1.29, 1.82) is 0 Å². The molecule has 1 amide bonds. The first-order valence-electron chi connectivity index (χ1n) is 14.5. The van der Waals surface area contributed by atoms with Crippen LogP contribution in [0.25, 0.3) is 0 Å². The van der Waals surface area contributed by atoms with Gasteiger partial charge in [-0.1, -0.05) is 56.3 Å². The first kappa shape index (κ1) is 36.7. The Hall–Kier alpha value is -2.54. The van der Waals surface area contributed by atoms with Gasteiger partial charge in [0, 0.05) is 19.5 Å². The van der Waals surface area contributed by atoms with E-state index in [9.17, 15) is 18.3 Å². The first-order chi connectivity index (χ1) is 19.5. The van der Waals surface area contributed by atoms with Gasteiger partial charge >= 0.3 is 6.09 Å². The number of alkyl carbamates (subject to hydrolysis) is 1. The van der Waals surface area contributed by atoms with Crippen LogP contribution < -0.4 is 11.5 Å². The van der Waals surface area contributed by atoms with Crippen LogP contribution in [0.3, 0.4) is 0 Å². The van der Waals surface area contributed by atoms with E-state index >= 15 is 0 Å². The van der Waals surface area contributed by atoms with Crippen LogP contribution in [-0.2, 0) is 30.7 Å². The largest absolute Gasteiger partial charge is 0.444 e. The molecule has 1 heterocycles. The molecule has 0 saturated carbocycles. The van der Waals surface area contributed by atoms with Gasteiger partial charge in [0.05, 0.1) is 30.3 Å². The second-order valence-electron chi connectivity index (χ2n) is 13.1. The summed E-state index contributed by atoms with van der Waals surface area (Å²) in [5.74, 6) is -0.699. The van der Waals surface area contributed by atoms with Crippen molar-refractivity contribution in [3.05, 3.63) is 65.7 Å². The summed E-state index contributed by atoms with van der Waals surface area (Å²) >= 11 is 0. The third kappa shape index (κ3) is 11.5. The molecule has 11 heteroatoms. The lowest BCUT2D eigenvalue weighted by Crippen LogP contribution is -2.52. The molecule has 5 N–H and O–H groups in total. The highest BCUT2D eigenvalue weighted by Gasteiger charge is 2.38. The maximum Gasteiger partial charge on any atom is 0.407 e. The van der Waals surface area contributed by atoms with E-state index in [-0.39, 0.29) is 30.6 Å². The van der Waals surface area contributed by atoms with Gasteiger partial charge < -0.3 is 30.8 Å². The molecule has 2 aromatic rings. The number of rotatable bonds is 13. The van der Waals surface area contributed by atoms with Crippen molar-refractivity contribution in [3.8, 4) is 0 Å². The molecule has 0 radical (unpaired) electrons. The summed E-state index contributed by atoms with van der Waals surface area (Å²) in [4.78, 5) is 12.9. The van der Waals surface area contributed by atoms with E-state index in [1.165, 1.54) is 4.31 Å². The van der Waals surface area contributed by atoms with Gasteiger partial charge in [0.1, 0.15) is 5.60 Å². The lowest BCUT2D eigenvalue weighted by Gasteiger charge is -2.36. The lowest BCUT2D eigenvalue weighted by atomic mass is 9.86. The van der Waals surface area contributed by atoms with E-state index in [2.05, 4.69) is 5.32 Å². The number of nitrogens with zero attached hydrogens (tertiary/aromatic N) is 1. The molecular weight excluding hydrogens is 570 g/mol. The normalized spacial score (nSPS) is 16.8. The predicted octanol–water partition coefficient (Wildman–Crippen LogP) is 5.21. The monoisotopic (exact) mass is 621 g/mol. The molecule has 0 aliphatic carbocycles. The number of carbonyl (C=O) groups is 1. The number of ether oxygens (including phenoxy) is 3. The average Bonchev–Trinajstić information content (AvgIpc) is 3.33. The minimum Gasteiger partial charge on any atom is -0.444 e. The zero-order valence-electron chi connectivity index (χ0n) is 26.8. The molecule has 1 saturated heterocycles. The van der Waals surface area contributed by atoms with Gasteiger partial charge in [-0.05, 0) is 76.1 Å². The topological polar surface area (TPSA) is 149 Å². The number of aliphatic hydroxyl groups excluding tert-OH is 1. The minimum absolute atomic E-state index is 0. The number of aliphatic hydroxyl groups is 1. The molecule has 1 fully saturated rings. The Morgan fingerprint density at radius 2 is 1.70 bits per heavy atom. The van der Waals surface area contributed by atoms with Crippen molar-refractivity contribution in [2.45, 2.75) is 96.2 Å². The third-order valence-electron chi connectivity index (χ3n) is 7.24. The van der Waals surface area contributed by atoms with Gasteiger partial charge in [-0.3, -0.25) is 0 Å². The summed E-state index contributed by atoms with van der Waals surface area (Å²) in [6.07, 6.45) is -0.399. The van der Waals surface area contributed by atoms with E-state index in [1.807, 2.05) is 64.1 Å². The van der Waals surface area contributed by atoms with Crippen molar-refractivity contribution < 1.29 is 32.5 Å². The van der Waals surface area contributed by atoms with Gasteiger partial charge in [0.25, 0.3) is 0 Å². The fourth-order valence-electron chi connectivity index (χ4n) is 4.94. The second-order valence-corrected chi connectivity index (χ2v) is 15.1. The Bertz CT molecular complexity index is 1270. The molecule has 3 rings (SSSR count). The van der Waals surface area contributed by atoms with E-state index < -0.39 is 45.1 Å². The molecule has 43 heavy (non-hydrogen) atoms. The van der Waals surface area contributed by atoms with Gasteiger partial charge in [-0.25, -0.2) is 13.2 Å². The summed E-state index contributed by atoms with van der Waals surface area (Å²) in [5, 5.41) is 14.4. The van der Waals surface area contributed by atoms with Crippen LogP contribution in [-0.4, -0.2) is 73.8 Å². The molecule has 1 aliphatic heterocycles. The van der Waals surface area contributed by atoms with Crippen LogP contribution in [0.15, 0.2) is 59.5 Å².